The molecule has 0 fully saturated rings. The smallest absolute Gasteiger partial charge is 0.225 e. The minimum atomic E-state index is -0.226. The second-order valence-corrected chi connectivity index (χ2v) is 8.81. The highest BCUT2D eigenvalue weighted by atomic mass is 16.3. The quantitative estimate of drug-likeness (QED) is 0.299. The molecule has 0 saturated carbocycles. The van der Waals surface area contributed by atoms with Crippen LogP contribution in [0.5, 0.6) is 0 Å². The minimum absolute atomic E-state index is 0.226. The first-order valence-electron chi connectivity index (χ1n) is 11.1. The first-order chi connectivity index (χ1) is 16.1. The van der Waals surface area contributed by atoms with Crippen LogP contribution in [0.15, 0.2) is 108 Å². The molecule has 6 rings (SSSR count). The highest BCUT2D eigenvalue weighted by molar-refractivity contribution is 6.09. The Labute approximate surface area is 192 Å². The average Bonchev–Trinajstić information content (AvgIpc) is 3.51. The first-order valence-corrected chi connectivity index (χ1v) is 11.1. The highest BCUT2D eigenvalue weighted by Gasteiger charge is 2.26. The number of hydrogen-bond donors (Lipinski definition) is 0. The van der Waals surface area contributed by atoms with E-state index >= 15 is 0 Å². The van der Waals surface area contributed by atoms with Crippen molar-refractivity contribution in [1.82, 2.24) is 14.5 Å². The fourth-order valence-corrected chi connectivity index (χ4v) is 4.66. The summed E-state index contributed by atoms with van der Waals surface area (Å²) in [4.78, 5) is 8.98. The van der Waals surface area contributed by atoms with Crippen LogP contribution in [0, 0.1) is 0 Å². The molecule has 0 aliphatic rings. The fourth-order valence-electron chi connectivity index (χ4n) is 4.66. The van der Waals surface area contributed by atoms with Crippen LogP contribution in [0.3, 0.4) is 0 Å². The number of benzene rings is 3. The van der Waals surface area contributed by atoms with E-state index in [1.165, 1.54) is 27.4 Å². The molecule has 0 aliphatic carbocycles. The Morgan fingerprint density at radius 1 is 0.727 bits per heavy atom. The Kier molecular flexibility index (Phi) is 4.40. The van der Waals surface area contributed by atoms with Gasteiger partial charge in [-0.15, -0.1) is 0 Å². The summed E-state index contributed by atoms with van der Waals surface area (Å²) in [7, 11) is 0. The minimum Gasteiger partial charge on any atom is -0.445 e. The molecule has 3 heterocycles. The maximum Gasteiger partial charge on any atom is 0.225 e. The third-order valence-corrected chi connectivity index (χ3v) is 6.48. The SMILES string of the molecule is CC(C)(c1ccc2c3ccccc3n(-c3cccc(-c4ncco4)c3)c2c1)c1ccccn1. The van der Waals surface area contributed by atoms with Crippen LogP contribution >= 0.6 is 0 Å². The van der Waals surface area contributed by atoms with Gasteiger partial charge in [0.25, 0.3) is 0 Å². The van der Waals surface area contributed by atoms with Gasteiger partial charge in [0.2, 0.25) is 5.89 Å². The van der Waals surface area contributed by atoms with Crippen LogP contribution in [0.4, 0.5) is 0 Å². The van der Waals surface area contributed by atoms with Crippen molar-refractivity contribution >= 4 is 21.8 Å². The Balaban J connectivity index is 1.61. The molecule has 0 spiro atoms. The van der Waals surface area contributed by atoms with E-state index in [1.807, 2.05) is 24.4 Å². The zero-order valence-electron chi connectivity index (χ0n) is 18.6. The van der Waals surface area contributed by atoms with Gasteiger partial charge in [-0.05, 0) is 48.0 Å². The van der Waals surface area contributed by atoms with Crippen molar-refractivity contribution in [3.8, 4) is 17.1 Å². The van der Waals surface area contributed by atoms with Gasteiger partial charge >= 0.3 is 0 Å². The van der Waals surface area contributed by atoms with Gasteiger partial charge in [0.05, 0.1) is 22.9 Å². The van der Waals surface area contributed by atoms with Crippen molar-refractivity contribution in [3.63, 3.8) is 0 Å². The van der Waals surface area contributed by atoms with Gasteiger partial charge in [0.15, 0.2) is 0 Å². The largest absolute Gasteiger partial charge is 0.445 e. The molecule has 4 nitrogen and oxygen atoms in total. The molecule has 3 aromatic heterocycles. The molecule has 3 aromatic carbocycles. The topological polar surface area (TPSA) is 43.9 Å². The van der Waals surface area contributed by atoms with E-state index in [0.29, 0.717) is 5.89 Å². The summed E-state index contributed by atoms with van der Waals surface area (Å²) in [5.41, 5.74) is 6.42. The van der Waals surface area contributed by atoms with Gasteiger partial charge < -0.3 is 8.98 Å². The standard InChI is InChI=1S/C29H23N3O/c1-29(2,27-12-5-6-15-30-27)21-13-14-24-23-10-3-4-11-25(23)32(26(24)19-21)22-9-7-8-20(18-22)28-31-16-17-33-28/h3-19H,1-2H3. The molecule has 4 heteroatoms. The first kappa shape index (κ1) is 19.5. The molecular weight excluding hydrogens is 406 g/mol. The van der Waals surface area contributed by atoms with Gasteiger partial charge in [-0.3, -0.25) is 4.98 Å². The van der Waals surface area contributed by atoms with E-state index in [9.17, 15) is 0 Å². The Bertz CT molecular complexity index is 1580. The number of nitrogens with zero attached hydrogens (tertiary/aromatic N) is 3. The van der Waals surface area contributed by atoms with Crippen LogP contribution in [-0.2, 0) is 5.41 Å². The molecule has 160 valence electrons. The van der Waals surface area contributed by atoms with Crippen molar-refractivity contribution in [2.24, 2.45) is 0 Å². The second-order valence-electron chi connectivity index (χ2n) is 8.81. The van der Waals surface area contributed by atoms with Gasteiger partial charge in [-0.1, -0.05) is 56.3 Å². The lowest BCUT2D eigenvalue weighted by Gasteiger charge is -2.25. The van der Waals surface area contributed by atoms with Gasteiger partial charge in [0, 0.05) is 33.6 Å². The van der Waals surface area contributed by atoms with E-state index in [2.05, 4.69) is 95.1 Å². The lowest BCUT2D eigenvalue weighted by Crippen LogP contribution is -2.20. The third kappa shape index (κ3) is 3.14. The van der Waals surface area contributed by atoms with Crippen LogP contribution < -0.4 is 0 Å². The maximum atomic E-state index is 5.55. The van der Waals surface area contributed by atoms with E-state index in [4.69, 9.17) is 4.42 Å². The number of para-hydroxylation sites is 1. The summed E-state index contributed by atoms with van der Waals surface area (Å²) in [5.74, 6) is 0.620. The molecule has 0 radical (unpaired) electrons. The van der Waals surface area contributed by atoms with Gasteiger partial charge in [-0.25, -0.2) is 4.98 Å². The molecule has 0 bridgehead atoms. The lowest BCUT2D eigenvalue weighted by molar-refractivity contribution is 0.574. The van der Waals surface area contributed by atoms with E-state index < -0.39 is 0 Å². The van der Waals surface area contributed by atoms with Crippen LogP contribution in [0.2, 0.25) is 0 Å². The number of pyridine rings is 1. The summed E-state index contributed by atoms with van der Waals surface area (Å²) in [6, 6.07) is 29.8. The molecule has 6 aromatic rings. The molecule has 0 aliphatic heterocycles. The number of rotatable bonds is 4. The molecule has 0 N–H and O–H groups in total. The molecule has 33 heavy (non-hydrogen) atoms. The fraction of sp³-hybridized carbons (Fsp3) is 0.103. The van der Waals surface area contributed by atoms with E-state index in [0.717, 1.165) is 16.9 Å². The predicted octanol–water partition coefficient (Wildman–Crippen LogP) is 7.16. The summed E-state index contributed by atoms with van der Waals surface area (Å²) >= 11 is 0. The number of oxazole rings is 1. The van der Waals surface area contributed by atoms with E-state index in [1.54, 1.807) is 12.5 Å². The van der Waals surface area contributed by atoms with Crippen LogP contribution in [0.25, 0.3) is 38.9 Å². The zero-order valence-corrected chi connectivity index (χ0v) is 18.6. The van der Waals surface area contributed by atoms with Gasteiger partial charge in [0.1, 0.15) is 6.26 Å². The summed E-state index contributed by atoms with van der Waals surface area (Å²) < 4.78 is 7.88. The third-order valence-electron chi connectivity index (χ3n) is 6.48. The molecule has 0 amide bonds. The van der Waals surface area contributed by atoms with Gasteiger partial charge in [-0.2, -0.15) is 0 Å². The van der Waals surface area contributed by atoms with Crippen molar-refractivity contribution in [2.45, 2.75) is 19.3 Å². The predicted molar refractivity (Wildman–Crippen MR) is 133 cm³/mol. The summed E-state index contributed by atoms with van der Waals surface area (Å²) in [6.07, 6.45) is 5.14. The van der Waals surface area contributed by atoms with Crippen molar-refractivity contribution in [1.29, 1.82) is 0 Å². The monoisotopic (exact) mass is 429 g/mol. The molecule has 0 unspecified atom stereocenters. The number of fused-ring (bicyclic) bond motifs is 3. The second kappa shape index (κ2) is 7.45. The summed E-state index contributed by atoms with van der Waals surface area (Å²) in [6.45, 7) is 4.46. The van der Waals surface area contributed by atoms with Crippen LogP contribution in [0.1, 0.15) is 25.1 Å². The number of aromatic nitrogens is 3. The van der Waals surface area contributed by atoms with Crippen molar-refractivity contribution in [2.75, 3.05) is 0 Å². The Hall–Kier alpha value is -4.18. The molecular formula is C29H23N3O. The van der Waals surface area contributed by atoms with Crippen LogP contribution in [-0.4, -0.2) is 14.5 Å². The number of hydrogen-bond acceptors (Lipinski definition) is 3. The van der Waals surface area contributed by atoms with Crippen molar-refractivity contribution in [3.05, 3.63) is 115 Å². The average molecular weight is 430 g/mol. The van der Waals surface area contributed by atoms with E-state index in [-0.39, 0.29) is 5.41 Å². The summed E-state index contributed by atoms with van der Waals surface area (Å²) in [5, 5.41) is 2.46. The molecule has 0 atom stereocenters. The molecule has 0 saturated heterocycles. The Morgan fingerprint density at radius 3 is 2.39 bits per heavy atom. The maximum absolute atomic E-state index is 5.55. The highest BCUT2D eigenvalue weighted by Crippen LogP contribution is 2.37. The zero-order chi connectivity index (χ0) is 22.4. The normalized spacial score (nSPS) is 11.9. The van der Waals surface area contributed by atoms with Crippen molar-refractivity contribution < 1.29 is 4.42 Å². The Morgan fingerprint density at radius 2 is 1.58 bits per heavy atom. The lowest BCUT2D eigenvalue weighted by atomic mass is 9.81.